The minimum absolute atomic E-state index is 0.404. The molecule has 0 N–H and O–H groups in total. The van der Waals surface area contributed by atoms with Gasteiger partial charge in [-0.25, -0.2) is 0 Å². The highest BCUT2D eigenvalue weighted by Gasteiger charge is 2.27. The molecule has 1 aromatic rings. The van der Waals surface area contributed by atoms with E-state index >= 15 is 0 Å². The second-order valence-electron chi connectivity index (χ2n) is 4.16. The highest BCUT2D eigenvalue weighted by molar-refractivity contribution is 5.75. The van der Waals surface area contributed by atoms with Crippen molar-refractivity contribution in [3.63, 3.8) is 0 Å². The smallest absolute Gasteiger partial charge is 0.269 e. The number of ether oxygens (including phenoxy) is 1. The second kappa shape index (κ2) is 5.27. The Morgan fingerprint density at radius 1 is 1.28 bits per heavy atom. The van der Waals surface area contributed by atoms with Gasteiger partial charge in [0.05, 0.1) is 0 Å². The summed E-state index contributed by atoms with van der Waals surface area (Å²) in [6, 6.07) is 9.81. The number of rotatable bonds is 3. The zero-order chi connectivity index (χ0) is 13.0. The van der Waals surface area contributed by atoms with Gasteiger partial charge in [0.1, 0.15) is 5.60 Å². The van der Waals surface area contributed by atoms with Crippen LogP contribution >= 0.6 is 0 Å². The largest absolute Gasteiger partial charge is 0.369 e. The second-order valence-corrected chi connectivity index (χ2v) is 4.16. The fourth-order valence-corrected chi connectivity index (χ4v) is 1.98. The van der Waals surface area contributed by atoms with Gasteiger partial charge in [0.2, 0.25) is 0 Å². The highest BCUT2D eigenvalue weighted by atomic mass is 19.3. The van der Waals surface area contributed by atoms with Crippen molar-refractivity contribution in [2.75, 3.05) is 7.11 Å². The molecule has 0 aliphatic heterocycles. The van der Waals surface area contributed by atoms with E-state index in [1.165, 1.54) is 7.11 Å². The highest BCUT2D eigenvalue weighted by Crippen LogP contribution is 2.31. The van der Waals surface area contributed by atoms with Gasteiger partial charge in [-0.3, -0.25) is 0 Å². The van der Waals surface area contributed by atoms with Crippen LogP contribution in [0.1, 0.15) is 12.0 Å². The van der Waals surface area contributed by atoms with Crippen molar-refractivity contribution in [2.24, 2.45) is 0 Å². The summed E-state index contributed by atoms with van der Waals surface area (Å²) in [5.74, 6) is 0. The molecule has 1 aliphatic carbocycles. The standard InChI is InChI=1S/C15H14F2O/c1-18-15(11-14(16)17)9-7-13(8-10-15)12-5-3-2-4-6-12/h2-9,11H,10H2,1H3. The molecular formula is C15H14F2O. The maximum atomic E-state index is 12.4. The number of benzene rings is 1. The van der Waals surface area contributed by atoms with Crippen molar-refractivity contribution < 1.29 is 13.5 Å². The van der Waals surface area contributed by atoms with Crippen LogP contribution in [-0.2, 0) is 4.74 Å². The third-order valence-electron chi connectivity index (χ3n) is 3.03. The van der Waals surface area contributed by atoms with Crippen LogP contribution in [0.25, 0.3) is 5.57 Å². The van der Waals surface area contributed by atoms with Gasteiger partial charge in [0.15, 0.2) is 0 Å². The molecule has 0 saturated heterocycles. The van der Waals surface area contributed by atoms with Gasteiger partial charge in [0, 0.05) is 19.6 Å². The lowest BCUT2D eigenvalue weighted by molar-refractivity contribution is 0.0723. The van der Waals surface area contributed by atoms with E-state index in [1.807, 2.05) is 42.5 Å². The first-order valence-corrected chi connectivity index (χ1v) is 5.69. The number of hydrogen-bond acceptors (Lipinski definition) is 1. The van der Waals surface area contributed by atoms with Gasteiger partial charge in [0.25, 0.3) is 6.08 Å². The zero-order valence-electron chi connectivity index (χ0n) is 10.1. The van der Waals surface area contributed by atoms with Crippen LogP contribution in [0.4, 0.5) is 8.78 Å². The van der Waals surface area contributed by atoms with Crippen LogP contribution in [-0.4, -0.2) is 12.7 Å². The molecule has 0 radical (unpaired) electrons. The fourth-order valence-electron chi connectivity index (χ4n) is 1.98. The quantitative estimate of drug-likeness (QED) is 0.779. The van der Waals surface area contributed by atoms with Crippen LogP contribution in [0.5, 0.6) is 0 Å². The molecule has 94 valence electrons. The van der Waals surface area contributed by atoms with Gasteiger partial charge in [-0.15, -0.1) is 0 Å². The Kier molecular flexibility index (Phi) is 3.72. The summed E-state index contributed by atoms with van der Waals surface area (Å²) in [4.78, 5) is 0. The fraction of sp³-hybridized carbons (Fsp3) is 0.200. The molecule has 0 bridgehead atoms. The van der Waals surface area contributed by atoms with Crippen molar-refractivity contribution in [3.8, 4) is 0 Å². The summed E-state index contributed by atoms with van der Waals surface area (Å²) < 4.78 is 30.0. The molecular weight excluding hydrogens is 234 g/mol. The maximum absolute atomic E-state index is 12.4. The Morgan fingerprint density at radius 2 is 2.00 bits per heavy atom. The van der Waals surface area contributed by atoms with E-state index in [-0.39, 0.29) is 0 Å². The van der Waals surface area contributed by atoms with Crippen LogP contribution in [0, 0.1) is 0 Å². The third kappa shape index (κ3) is 2.74. The van der Waals surface area contributed by atoms with Crippen molar-refractivity contribution >= 4 is 5.57 Å². The topological polar surface area (TPSA) is 9.23 Å². The van der Waals surface area contributed by atoms with Crippen molar-refractivity contribution in [3.05, 3.63) is 66.3 Å². The molecule has 1 aromatic carbocycles. The molecule has 0 fully saturated rings. The first-order valence-electron chi connectivity index (χ1n) is 5.69. The molecule has 0 saturated carbocycles. The van der Waals surface area contributed by atoms with Crippen LogP contribution in [0.3, 0.4) is 0 Å². The summed E-state index contributed by atoms with van der Waals surface area (Å²) >= 11 is 0. The predicted molar refractivity (Wildman–Crippen MR) is 68.2 cm³/mol. The predicted octanol–water partition coefficient (Wildman–Crippen LogP) is 4.20. The summed E-state index contributed by atoms with van der Waals surface area (Å²) in [6.07, 6.45) is 4.94. The van der Waals surface area contributed by atoms with E-state index in [1.54, 1.807) is 6.08 Å². The molecule has 1 aliphatic rings. The van der Waals surface area contributed by atoms with E-state index in [9.17, 15) is 8.78 Å². The first-order chi connectivity index (χ1) is 8.65. The van der Waals surface area contributed by atoms with E-state index in [4.69, 9.17) is 4.74 Å². The van der Waals surface area contributed by atoms with E-state index in [0.717, 1.165) is 17.2 Å². The molecule has 1 nitrogen and oxygen atoms in total. The molecule has 0 amide bonds. The Morgan fingerprint density at radius 3 is 2.50 bits per heavy atom. The van der Waals surface area contributed by atoms with Crippen molar-refractivity contribution in [1.29, 1.82) is 0 Å². The molecule has 0 spiro atoms. The Balaban J connectivity index is 2.23. The van der Waals surface area contributed by atoms with Crippen molar-refractivity contribution in [2.45, 2.75) is 12.0 Å². The SMILES string of the molecule is COC1(C=C(F)F)C=CC(c2ccccc2)=CC1. The van der Waals surface area contributed by atoms with Gasteiger partial charge < -0.3 is 4.74 Å². The lowest BCUT2D eigenvalue weighted by Gasteiger charge is -2.27. The number of methoxy groups -OCH3 is 1. The Labute approximate surface area is 105 Å². The summed E-state index contributed by atoms with van der Waals surface area (Å²) in [5, 5.41) is 0. The zero-order valence-corrected chi connectivity index (χ0v) is 10.1. The van der Waals surface area contributed by atoms with Gasteiger partial charge in [-0.1, -0.05) is 42.5 Å². The molecule has 1 atom stereocenters. The Hall–Kier alpha value is -1.74. The van der Waals surface area contributed by atoms with Gasteiger partial charge in [-0.05, 0) is 17.2 Å². The summed E-state index contributed by atoms with van der Waals surface area (Å²) in [6.45, 7) is 0. The third-order valence-corrected chi connectivity index (χ3v) is 3.03. The summed E-state index contributed by atoms with van der Waals surface area (Å²) in [5.41, 5.74) is 1.08. The minimum atomic E-state index is -1.72. The van der Waals surface area contributed by atoms with Crippen LogP contribution in [0.2, 0.25) is 0 Å². The lowest BCUT2D eigenvalue weighted by atomic mass is 9.89. The number of halogens is 2. The molecule has 0 aromatic heterocycles. The van der Waals surface area contributed by atoms with E-state index < -0.39 is 11.7 Å². The Bertz CT molecular complexity index is 498. The van der Waals surface area contributed by atoms with E-state index in [0.29, 0.717) is 6.42 Å². The minimum Gasteiger partial charge on any atom is -0.369 e. The van der Waals surface area contributed by atoms with Crippen molar-refractivity contribution in [1.82, 2.24) is 0 Å². The molecule has 0 heterocycles. The van der Waals surface area contributed by atoms with Gasteiger partial charge >= 0.3 is 0 Å². The lowest BCUT2D eigenvalue weighted by Crippen LogP contribution is -2.27. The number of allylic oxidation sites excluding steroid dienone is 2. The molecule has 3 heteroatoms. The van der Waals surface area contributed by atoms with E-state index in [2.05, 4.69) is 0 Å². The van der Waals surface area contributed by atoms with Gasteiger partial charge in [-0.2, -0.15) is 8.78 Å². The average molecular weight is 248 g/mol. The van der Waals surface area contributed by atoms with Crippen LogP contribution < -0.4 is 0 Å². The maximum Gasteiger partial charge on any atom is 0.269 e. The molecule has 2 rings (SSSR count). The first kappa shape index (κ1) is 12.7. The monoisotopic (exact) mass is 248 g/mol. The normalized spacial score (nSPS) is 22.5. The number of hydrogen-bond donors (Lipinski definition) is 0. The van der Waals surface area contributed by atoms with Crippen LogP contribution in [0.15, 0.2) is 60.7 Å². The summed E-state index contributed by atoms with van der Waals surface area (Å²) in [7, 11) is 1.44. The molecule has 18 heavy (non-hydrogen) atoms. The average Bonchev–Trinajstić information content (AvgIpc) is 2.40. The molecule has 1 unspecified atom stereocenters.